The van der Waals surface area contributed by atoms with Crippen LogP contribution in [-0.2, 0) is 22.6 Å². The van der Waals surface area contributed by atoms with E-state index in [1.807, 2.05) is 51.1 Å². The number of thioether (sulfide) groups is 1. The average molecular weight is 507 g/mol. The molecular weight excluding hydrogens is 471 g/mol. The third-order valence-electron chi connectivity index (χ3n) is 6.14. The highest BCUT2D eigenvalue weighted by molar-refractivity contribution is 7.99. The van der Waals surface area contributed by atoms with E-state index in [0.29, 0.717) is 18.6 Å². The van der Waals surface area contributed by atoms with E-state index >= 15 is 0 Å². The summed E-state index contributed by atoms with van der Waals surface area (Å²) in [5.41, 5.74) is 2.95. The summed E-state index contributed by atoms with van der Waals surface area (Å²) in [5.74, 6) is 0.00263. The van der Waals surface area contributed by atoms with Crippen LogP contribution in [0.15, 0.2) is 83.8 Å². The number of carbonyl (C=O) groups is 2. The van der Waals surface area contributed by atoms with E-state index in [0.717, 1.165) is 22.4 Å². The van der Waals surface area contributed by atoms with Gasteiger partial charge in [-0.15, -0.1) is 11.8 Å². The number of benzene rings is 3. The molecule has 0 radical (unpaired) electrons. The summed E-state index contributed by atoms with van der Waals surface area (Å²) >= 11 is 1.62. The van der Waals surface area contributed by atoms with Crippen LogP contribution in [0.5, 0.6) is 0 Å². The van der Waals surface area contributed by atoms with Crippen LogP contribution in [0.4, 0.5) is 4.39 Å². The van der Waals surface area contributed by atoms with Crippen molar-refractivity contribution < 1.29 is 14.0 Å². The summed E-state index contributed by atoms with van der Waals surface area (Å²) in [5, 5.41) is 3.07. The van der Waals surface area contributed by atoms with Crippen molar-refractivity contribution in [2.24, 2.45) is 0 Å². The number of carbonyl (C=O) groups excluding carboxylic acids is 2. The van der Waals surface area contributed by atoms with Crippen molar-refractivity contribution >= 4 is 23.6 Å². The van der Waals surface area contributed by atoms with Gasteiger partial charge in [-0.2, -0.15) is 0 Å². The molecule has 0 aliphatic heterocycles. The molecule has 0 heterocycles. The van der Waals surface area contributed by atoms with Crippen LogP contribution in [0.1, 0.15) is 43.4 Å². The van der Waals surface area contributed by atoms with Crippen LogP contribution in [0.3, 0.4) is 0 Å². The van der Waals surface area contributed by atoms with Crippen LogP contribution in [-0.4, -0.2) is 34.6 Å². The zero-order valence-corrected chi connectivity index (χ0v) is 22.1. The van der Waals surface area contributed by atoms with Crippen molar-refractivity contribution in [3.63, 3.8) is 0 Å². The molecule has 0 aromatic heterocycles. The third kappa shape index (κ3) is 8.52. The van der Waals surface area contributed by atoms with Crippen molar-refractivity contribution in [1.82, 2.24) is 10.2 Å². The standard InChI is InChI=1S/C30H35FN2O2S/c1-4-23(3)32-30(35)28(20-24-8-6-5-7-9-24)33(21-25-12-14-26(31)15-13-25)29(34)18-19-36-27-16-10-22(2)11-17-27/h5-17,23,28H,4,18-21H2,1-3H3,(H,32,35). The Morgan fingerprint density at radius 1 is 0.944 bits per heavy atom. The van der Waals surface area contributed by atoms with E-state index in [1.165, 1.54) is 17.7 Å². The van der Waals surface area contributed by atoms with Crippen LogP contribution >= 0.6 is 11.8 Å². The Labute approximate surface area is 218 Å². The molecule has 0 saturated heterocycles. The van der Waals surface area contributed by atoms with Crippen LogP contribution < -0.4 is 5.32 Å². The second kappa shape index (κ2) is 13.8. The zero-order chi connectivity index (χ0) is 25.9. The average Bonchev–Trinajstić information content (AvgIpc) is 2.88. The van der Waals surface area contributed by atoms with Gasteiger partial charge in [0.15, 0.2) is 0 Å². The summed E-state index contributed by atoms with van der Waals surface area (Å²) in [4.78, 5) is 29.8. The topological polar surface area (TPSA) is 49.4 Å². The fourth-order valence-corrected chi connectivity index (χ4v) is 4.66. The van der Waals surface area contributed by atoms with Gasteiger partial charge in [0.25, 0.3) is 0 Å². The molecule has 4 nitrogen and oxygen atoms in total. The first-order chi connectivity index (χ1) is 17.4. The van der Waals surface area contributed by atoms with Gasteiger partial charge in [-0.3, -0.25) is 9.59 Å². The first-order valence-electron chi connectivity index (χ1n) is 12.4. The first kappa shape index (κ1) is 27.5. The zero-order valence-electron chi connectivity index (χ0n) is 21.2. The Morgan fingerprint density at radius 2 is 1.61 bits per heavy atom. The molecule has 36 heavy (non-hydrogen) atoms. The molecule has 3 aromatic carbocycles. The van der Waals surface area contributed by atoms with Gasteiger partial charge >= 0.3 is 0 Å². The molecular formula is C30H35FN2O2S. The molecule has 0 bridgehead atoms. The normalized spacial score (nSPS) is 12.6. The van der Waals surface area contributed by atoms with Gasteiger partial charge < -0.3 is 10.2 Å². The Bertz CT molecular complexity index is 1100. The van der Waals surface area contributed by atoms with E-state index < -0.39 is 6.04 Å². The molecule has 3 aromatic rings. The monoisotopic (exact) mass is 506 g/mol. The van der Waals surface area contributed by atoms with Gasteiger partial charge in [0.2, 0.25) is 11.8 Å². The van der Waals surface area contributed by atoms with E-state index in [4.69, 9.17) is 0 Å². The Hall–Kier alpha value is -3.12. The Balaban J connectivity index is 1.84. The fraction of sp³-hybridized carbons (Fsp3) is 0.333. The summed E-state index contributed by atoms with van der Waals surface area (Å²) in [6.45, 7) is 6.26. The lowest BCUT2D eigenvalue weighted by Crippen LogP contribution is -2.52. The summed E-state index contributed by atoms with van der Waals surface area (Å²) in [6, 6.07) is 23.4. The van der Waals surface area contributed by atoms with Gasteiger partial charge in [-0.25, -0.2) is 4.39 Å². The molecule has 2 amide bonds. The van der Waals surface area contributed by atoms with E-state index in [2.05, 4.69) is 29.6 Å². The molecule has 0 aliphatic rings. The molecule has 3 rings (SSSR count). The molecule has 190 valence electrons. The number of nitrogens with one attached hydrogen (secondary N) is 1. The number of halogens is 1. The van der Waals surface area contributed by atoms with Crippen molar-refractivity contribution in [1.29, 1.82) is 0 Å². The predicted molar refractivity (Wildman–Crippen MR) is 145 cm³/mol. The highest BCUT2D eigenvalue weighted by Gasteiger charge is 2.30. The highest BCUT2D eigenvalue weighted by atomic mass is 32.2. The van der Waals surface area contributed by atoms with Gasteiger partial charge in [-0.05, 0) is 55.7 Å². The van der Waals surface area contributed by atoms with Crippen molar-refractivity contribution in [3.8, 4) is 0 Å². The number of amides is 2. The molecule has 0 saturated carbocycles. The lowest BCUT2D eigenvalue weighted by Gasteiger charge is -2.32. The molecule has 0 fully saturated rings. The number of aryl methyl sites for hydroxylation is 1. The number of rotatable bonds is 12. The lowest BCUT2D eigenvalue weighted by atomic mass is 10.0. The van der Waals surface area contributed by atoms with Gasteiger partial charge in [0.1, 0.15) is 11.9 Å². The maximum atomic E-state index is 13.6. The number of nitrogens with zero attached hydrogens (tertiary/aromatic N) is 1. The second-order valence-electron chi connectivity index (χ2n) is 9.08. The van der Waals surface area contributed by atoms with Crippen molar-refractivity contribution in [2.45, 2.75) is 63.6 Å². The van der Waals surface area contributed by atoms with Crippen LogP contribution in [0, 0.1) is 12.7 Å². The fourth-order valence-electron chi connectivity index (χ4n) is 3.82. The van der Waals surface area contributed by atoms with E-state index in [1.54, 1.807) is 28.8 Å². The van der Waals surface area contributed by atoms with E-state index in [-0.39, 0.29) is 30.2 Å². The molecule has 0 aliphatic carbocycles. The van der Waals surface area contributed by atoms with Crippen molar-refractivity contribution in [3.05, 3.63) is 101 Å². The first-order valence-corrected chi connectivity index (χ1v) is 13.4. The second-order valence-corrected chi connectivity index (χ2v) is 10.3. The largest absolute Gasteiger partial charge is 0.352 e. The summed E-state index contributed by atoms with van der Waals surface area (Å²) < 4.78 is 13.5. The minimum Gasteiger partial charge on any atom is -0.352 e. The van der Waals surface area contributed by atoms with Gasteiger partial charge in [0, 0.05) is 36.1 Å². The summed E-state index contributed by atoms with van der Waals surface area (Å²) in [6.07, 6.45) is 1.49. The van der Waals surface area contributed by atoms with Crippen molar-refractivity contribution in [2.75, 3.05) is 5.75 Å². The molecule has 2 unspecified atom stereocenters. The SMILES string of the molecule is CCC(C)NC(=O)C(Cc1ccccc1)N(Cc1ccc(F)cc1)C(=O)CCSc1ccc(C)cc1. The lowest BCUT2D eigenvalue weighted by molar-refractivity contribution is -0.141. The van der Waals surface area contributed by atoms with Gasteiger partial charge in [-0.1, -0.05) is 67.1 Å². The minimum absolute atomic E-state index is 0.00404. The Kier molecular flexibility index (Phi) is 10.6. The van der Waals surface area contributed by atoms with Crippen LogP contribution in [0.2, 0.25) is 0 Å². The number of hydrogen-bond donors (Lipinski definition) is 1. The molecule has 1 N–H and O–H groups in total. The Morgan fingerprint density at radius 3 is 2.25 bits per heavy atom. The highest BCUT2D eigenvalue weighted by Crippen LogP contribution is 2.21. The maximum Gasteiger partial charge on any atom is 0.243 e. The molecule has 2 atom stereocenters. The summed E-state index contributed by atoms with van der Waals surface area (Å²) in [7, 11) is 0. The third-order valence-corrected chi connectivity index (χ3v) is 7.16. The maximum absolute atomic E-state index is 13.6. The molecule has 6 heteroatoms. The van der Waals surface area contributed by atoms with Gasteiger partial charge in [0.05, 0.1) is 0 Å². The predicted octanol–water partition coefficient (Wildman–Crippen LogP) is 6.17. The van der Waals surface area contributed by atoms with Crippen LogP contribution in [0.25, 0.3) is 0 Å². The van der Waals surface area contributed by atoms with E-state index in [9.17, 15) is 14.0 Å². The minimum atomic E-state index is -0.677. The smallest absolute Gasteiger partial charge is 0.243 e. The number of hydrogen-bond acceptors (Lipinski definition) is 3. The quantitative estimate of drug-likeness (QED) is 0.299. The molecule has 0 spiro atoms.